The molecule has 0 saturated carbocycles. The van der Waals surface area contributed by atoms with Crippen LogP contribution in [0.15, 0.2) is 54.6 Å². The van der Waals surface area contributed by atoms with E-state index in [1.54, 1.807) is 18.2 Å². The lowest BCUT2D eigenvalue weighted by atomic mass is 10.0. The Balaban J connectivity index is 1.69. The second kappa shape index (κ2) is 8.85. The molecule has 2 N–H and O–H groups in total. The molecule has 6 heteroatoms. The highest BCUT2D eigenvalue weighted by Crippen LogP contribution is 2.19. The van der Waals surface area contributed by atoms with Crippen LogP contribution in [0.4, 0.5) is 11.6 Å². The molecule has 0 atom stereocenters. The predicted molar refractivity (Wildman–Crippen MR) is 113 cm³/mol. The third-order valence-corrected chi connectivity index (χ3v) is 4.54. The zero-order chi connectivity index (χ0) is 20.1. The Kier molecular flexibility index (Phi) is 6.26. The monoisotopic (exact) mass is 394 g/mol. The van der Waals surface area contributed by atoms with Gasteiger partial charge in [0, 0.05) is 22.9 Å². The van der Waals surface area contributed by atoms with Gasteiger partial charge in [-0.15, -0.1) is 0 Å². The van der Waals surface area contributed by atoms with Gasteiger partial charge < -0.3 is 10.6 Å². The van der Waals surface area contributed by atoms with Crippen LogP contribution in [0.2, 0.25) is 5.02 Å². The number of anilines is 2. The summed E-state index contributed by atoms with van der Waals surface area (Å²) in [4.78, 5) is 21.2. The number of nitrogens with one attached hydrogen (secondary N) is 2. The molecule has 0 fully saturated rings. The fraction of sp³-hybridized carbons (Fsp3) is 0.227. The summed E-state index contributed by atoms with van der Waals surface area (Å²) >= 11 is 5.88. The quantitative estimate of drug-likeness (QED) is 0.600. The van der Waals surface area contributed by atoms with Crippen molar-refractivity contribution in [2.75, 3.05) is 5.32 Å². The molecular formula is C22H23ClN4O. The summed E-state index contributed by atoms with van der Waals surface area (Å²) in [5.74, 6) is 0.618. The fourth-order valence-electron chi connectivity index (χ4n) is 2.70. The number of amides is 1. The van der Waals surface area contributed by atoms with Gasteiger partial charge in [-0.25, -0.2) is 9.97 Å². The number of carbonyl (C=O) groups excluding carboxylic acids is 1. The molecule has 0 saturated heterocycles. The van der Waals surface area contributed by atoms with Gasteiger partial charge in [-0.1, -0.05) is 49.7 Å². The Bertz CT molecular complexity index is 953. The van der Waals surface area contributed by atoms with Crippen LogP contribution < -0.4 is 10.6 Å². The average Bonchev–Trinajstić information content (AvgIpc) is 2.67. The van der Waals surface area contributed by atoms with Gasteiger partial charge in [0.2, 0.25) is 5.95 Å². The first-order valence-electron chi connectivity index (χ1n) is 9.16. The zero-order valence-electron chi connectivity index (χ0n) is 16.2. The number of hydrogen-bond acceptors (Lipinski definition) is 4. The van der Waals surface area contributed by atoms with Crippen LogP contribution >= 0.6 is 11.6 Å². The maximum absolute atomic E-state index is 12.5. The number of benzene rings is 2. The molecule has 1 heterocycles. The topological polar surface area (TPSA) is 66.9 Å². The Labute approximate surface area is 170 Å². The van der Waals surface area contributed by atoms with E-state index in [0.717, 1.165) is 11.3 Å². The first kappa shape index (κ1) is 19.8. The first-order valence-corrected chi connectivity index (χ1v) is 9.54. The van der Waals surface area contributed by atoms with E-state index >= 15 is 0 Å². The van der Waals surface area contributed by atoms with Gasteiger partial charge in [0.15, 0.2) is 0 Å². The van der Waals surface area contributed by atoms with Crippen molar-refractivity contribution in [2.24, 2.45) is 0 Å². The van der Waals surface area contributed by atoms with Crippen molar-refractivity contribution in [3.05, 3.63) is 82.1 Å². The molecular weight excluding hydrogens is 372 g/mol. The number of carbonyl (C=O) groups is 1. The van der Waals surface area contributed by atoms with E-state index in [1.807, 2.05) is 31.2 Å². The Morgan fingerprint density at radius 3 is 2.36 bits per heavy atom. The summed E-state index contributed by atoms with van der Waals surface area (Å²) in [6, 6.07) is 17.1. The molecule has 2 aromatic carbocycles. The maximum atomic E-state index is 12.5. The predicted octanol–water partition coefficient (Wildman–Crippen LogP) is 5.24. The molecule has 1 amide bonds. The number of hydrogen-bond donors (Lipinski definition) is 2. The van der Waals surface area contributed by atoms with Crippen LogP contribution in [0.25, 0.3) is 0 Å². The van der Waals surface area contributed by atoms with Crippen molar-refractivity contribution in [2.45, 2.75) is 33.2 Å². The van der Waals surface area contributed by atoms with Crippen molar-refractivity contribution in [3.63, 3.8) is 0 Å². The van der Waals surface area contributed by atoms with Crippen LogP contribution in [0.5, 0.6) is 0 Å². The van der Waals surface area contributed by atoms with E-state index in [1.165, 1.54) is 5.56 Å². The molecule has 5 nitrogen and oxygen atoms in total. The van der Waals surface area contributed by atoms with Crippen LogP contribution in [0, 0.1) is 6.92 Å². The smallest absolute Gasteiger partial charge is 0.270 e. The SMILES string of the molecule is Cc1cc(C(=O)NCc2ccc(Cl)cc2)nc(Nc2ccc(C(C)C)cc2)n1. The molecule has 3 rings (SSSR count). The van der Waals surface area contributed by atoms with E-state index in [4.69, 9.17) is 11.6 Å². The van der Waals surface area contributed by atoms with Gasteiger partial charge in [-0.2, -0.15) is 0 Å². The van der Waals surface area contributed by atoms with Crippen molar-refractivity contribution in [1.29, 1.82) is 0 Å². The number of aryl methyl sites for hydroxylation is 1. The minimum Gasteiger partial charge on any atom is -0.347 e. The Hall–Kier alpha value is -2.92. The van der Waals surface area contributed by atoms with E-state index in [-0.39, 0.29) is 5.91 Å². The lowest BCUT2D eigenvalue weighted by molar-refractivity contribution is 0.0945. The average molecular weight is 395 g/mol. The van der Waals surface area contributed by atoms with Crippen molar-refractivity contribution in [3.8, 4) is 0 Å². The van der Waals surface area contributed by atoms with Crippen LogP contribution in [0.3, 0.4) is 0 Å². The van der Waals surface area contributed by atoms with E-state index in [9.17, 15) is 4.79 Å². The number of rotatable bonds is 6. The second-order valence-electron chi connectivity index (χ2n) is 6.93. The van der Waals surface area contributed by atoms with E-state index in [2.05, 4.69) is 46.6 Å². The number of aromatic nitrogens is 2. The third kappa shape index (κ3) is 5.30. The summed E-state index contributed by atoms with van der Waals surface area (Å²) in [7, 11) is 0. The van der Waals surface area contributed by atoms with Crippen molar-refractivity contribution >= 4 is 29.1 Å². The minimum atomic E-state index is -0.251. The minimum absolute atomic E-state index is 0.251. The molecule has 0 aliphatic carbocycles. The van der Waals surface area contributed by atoms with Crippen molar-refractivity contribution in [1.82, 2.24) is 15.3 Å². The third-order valence-electron chi connectivity index (χ3n) is 4.29. The van der Waals surface area contributed by atoms with Gasteiger partial charge in [-0.05, 0) is 54.3 Å². The van der Waals surface area contributed by atoms with Gasteiger partial charge >= 0.3 is 0 Å². The van der Waals surface area contributed by atoms with Gasteiger partial charge in [-0.3, -0.25) is 4.79 Å². The molecule has 144 valence electrons. The van der Waals surface area contributed by atoms with Crippen LogP contribution in [-0.2, 0) is 6.54 Å². The lowest BCUT2D eigenvalue weighted by Gasteiger charge is -2.10. The Morgan fingerprint density at radius 1 is 1.04 bits per heavy atom. The van der Waals surface area contributed by atoms with Gasteiger partial charge in [0.05, 0.1) is 0 Å². The first-order chi connectivity index (χ1) is 13.4. The zero-order valence-corrected chi connectivity index (χ0v) is 16.9. The summed E-state index contributed by atoms with van der Waals surface area (Å²) in [5, 5.41) is 6.71. The molecule has 28 heavy (non-hydrogen) atoms. The summed E-state index contributed by atoms with van der Waals surface area (Å²) in [6.07, 6.45) is 0. The largest absolute Gasteiger partial charge is 0.347 e. The molecule has 1 aromatic heterocycles. The summed E-state index contributed by atoms with van der Waals surface area (Å²) in [5.41, 5.74) is 4.14. The van der Waals surface area contributed by atoms with Crippen LogP contribution in [-0.4, -0.2) is 15.9 Å². The summed E-state index contributed by atoms with van der Waals surface area (Å²) < 4.78 is 0. The second-order valence-corrected chi connectivity index (χ2v) is 7.37. The normalized spacial score (nSPS) is 10.8. The van der Waals surface area contributed by atoms with E-state index < -0.39 is 0 Å². The van der Waals surface area contributed by atoms with Gasteiger partial charge in [0.1, 0.15) is 5.69 Å². The van der Waals surface area contributed by atoms with Gasteiger partial charge in [0.25, 0.3) is 5.91 Å². The van der Waals surface area contributed by atoms with Crippen LogP contribution in [0.1, 0.15) is 47.1 Å². The highest BCUT2D eigenvalue weighted by Gasteiger charge is 2.11. The van der Waals surface area contributed by atoms with E-state index in [0.29, 0.717) is 34.8 Å². The summed E-state index contributed by atoms with van der Waals surface area (Å²) in [6.45, 7) is 6.55. The number of halogens is 1. The highest BCUT2D eigenvalue weighted by molar-refractivity contribution is 6.30. The lowest BCUT2D eigenvalue weighted by Crippen LogP contribution is -2.24. The maximum Gasteiger partial charge on any atom is 0.270 e. The molecule has 3 aromatic rings. The standard InChI is InChI=1S/C22H23ClN4O/c1-14(2)17-6-10-19(11-7-17)26-22-25-15(3)12-20(27-22)21(28)24-13-16-4-8-18(23)9-5-16/h4-12,14H,13H2,1-3H3,(H,24,28)(H,25,26,27). The Morgan fingerprint density at radius 2 is 1.71 bits per heavy atom. The molecule has 0 bridgehead atoms. The fourth-order valence-corrected chi connectivity index (χ4v) is 2.82. The molecule has 0 aliphatic heterocycles. The molecule has 0 spiro atoms. The molecule has 0 unspecified atom stereocenters. The number of nitrogens with zero attached hydrogens (tertiary/aromatic N) is 2. The molecule has 0 radical (unpaired) electrons. The molecule has 0 aliphatic rings. The highest BCUT2D eigenvalue weighted by atomic mass is 35.5. The van der Waals surface area contributed by atoms with Crippen molar-refractivity contribution < 1.29 is 4.79 Å².